The molecule has 5 nitrogen and oxygen atoms in total. The Morgan fingerprint density at radius 2 is 2.20 bits per heavy atom. The lowest BCUT2D eigenvalue weighted by Gasteiger charge is -2.31. The molecule has 1 aliphatic heterocycles. The molecule has 0 radical (unpaired) electrons. The third-order valence-corrected chi connectivity index (χ3v) is 3.87. The van der Waals surface area contributed by atoms with Crippen LogP contribution >= 0.6 is 28.3 Å². The summed E-state index contributed by atoms with van der Waals surface area (Å²) in [6.07, 6.45) is 4.39. The maximum Gasteiger partial charge on any atom is 0.290 e. The highest BCUT2D eigenvalue weighted by Crippen LogP contribution is 2.22. The Morgan fingerprint density at radius 3 is 2.75 bits per heavy atom. The summed E-state index contributed by atoms with van der Waals surface area (Å²) in [7, 11) is 0. The molecule has 0 atom stereocenters. The molecule has 1 aromatic heterocycles. The Balaban J connectivity index is 0.00000200. The molecule has 0 saturated carbocycles. The van der Waals surface area contributed by atoms with Gasteiger partial charge in [-0.3, -0.25) is 4.79 Å². The molecule has 114 valence electrons. The second kappa shape index (κ2) is 8.67. The smallest absolute Gasteiger partial charge is 0.290 e. The summed E-state index contributed by atoms with van der Waals surface area (Å²) in [5.41, 5.74) is 5.43. The molecule has 20 heavy (non-hydrogen) atoms. The number of carbonyl (C=O) groups excluding carboxylic acids is 1. The van der Waals surface area contributed by atoms with E-state index in [0.717, 1.165) is 19.3 Å². The predicted octanol–water partition coefficient (Wildman–Crippen LogP) is 2.43. The lowest BCUT2D eigenvalue weighted by Crippen LogP contribution is -2.41. The highest BCUT2D eigenvalue weighted by atomic mass is 79.9. The van der Waals surface area contributed by atoms with E-state index in [-0.39, 0.29) is 24.4 Å². The van der Waals surface area contributed by atoms with Crippen LogP contribution in [-0.2, 0) is 4.74 Å². The fourth-order valence-electron chi connectivity index (χ4n) is 2.15. The fourth-order valence-corrected chi connectivity index (χ4v) is 2.52. The van der Waals surface area contributed by atoms with Gasteiger partial charge in [-0.25, -0.2) is 0 Å². The Kier molecular flexibility index (Phi) is 7.58. The van der Waals surface area contributed by atoms with Gasteiger partial charge in [0.25, 0.3) is 5.91 Å². The number of halogens is 2. The standard InChI is InChI=1S/C13H19BrN2O3.ClH/c14-11-4-9-19-12(11)13(17)16-6-2-10(3-7-16)18-8-1-5-15;/h4,9-10H,1-3,5-8,15H2;1H. The van der Waals surface area contributed by atoms with Crippen molar-refractivity contribution in [1.29, 1.82) is 0 Å². The number of nitrogens with two attached hydrogens (primary N) is 1. The molecular formula is C13H20BrClN2O3. The zero-order valence-corrected chi connectivity index (χ0v) is 13.6. The monoisotopic (exact) mass is 366 g/mol. The first kappa shape index (κ1) is 17.5. The van der Waals surface area contributed by atoms with E-state index in [9.17, 15) is 4.79 Å². The van der Waals surface area contributed by atoms with E-state index >= 15 is 0 Å². The second-order valence-electron chi connectivity index (χ2n) is 4.60. The molecule has 2 heterocycles. The van der Waals surface area contributed by atoms with Gasteiger partial charge in [0.05, 0.1) is 16.8 Å². The summed E-state index contributed by atoms with van der Waals surface area (Å²) in [6.45, 7) is 2.78. The van der Waals surface area contributed by atoms with Gasteiger partial charge in [-0.05, 0) is 47.8 Å². The minimum absolute atomic E-state index is 0. The maximum atomic E-state index is 12.2. The van der Waals surface area contributed by atoms with Crippen LogP contribution in [0.3, 0.4) is 0 Å². The van der Waals surface area contributed by atoms with Crippen LogP contribution in [-0.4, -0.2) is 43.2 Å². The zero-order chi connectivity index (χ0) is 13.7. The first-order valence-corrected chi connectivity index (χ1v) is 7.35. The van der Waals surface area contributed by atoms with Gasteiger partial charge >= 0.3 is 0 Å². The Morgan fingerprint density at radius 1 is 1.50 bits per heavy atom. The van der Waals surface area contributed by atoms with Crippen LogP contribution in [0.2, 0.25) is 0 Å². The van der Waals surface area contributed by atoms with Crippen molar-refractivity contribution in [2.75, 3.05) is 26.2 Å². The van der Waals surface area contributed by atoms with Crippen LogP contribution in [0.25, 0.3) is 0 Å². The summed E-state index contributed by atoms with van der Waals surface area (Å²) in [6, 6.07) is 1.73. The molecule has 1 aromatic rings. The summed E-state index contributed by atoms with van der Waals surface area (Å²) < 4.78 is 11.6. The number of furan rings is 1. The quantitative estimate of drug-likeness (QED) is 0.812. The topological polar surface area (TPSA) is 68.7 Å². The van der Waals surface area contributed by atoms with Gasteiger partial charge in [0.15, 0.2) is 0 Å². The van der Waals surface area contributed by atoms with E-state index in [2.05, 4.69) is 15.9 Å². The normalized spacial score (nSPS) is 16.0. The first-order valence-electron chi connectivity index (χ1n) is 6.56. The van der Waals surface area contributed by atoms with E-state index < -0.39 is 0 Å². The lowest BCUT2D eigenvalue weighted by molar-refractivity contribution is 0.00761. The second-order valence-corrected chi connectivity index (χ2v) is 5.46. The number of hydrogen-bond donors (Lipinski definition) is 1. The highest BCUT2D eigenvalue weighted by Gasteiger charge is 2.26. The average molecular weight is 368 g/mol. The number of piperidine rings is 1. The third kappa shape index (κ3) is 4.48. The Bertz CT molecular complexity index is 420. The zero-order valence-electron chi connectivity index (χ0n) is 11.2. The van der Waals surface area contributed by atoms with Crippen molar-refractivity contribution in [2.45, 2.75) is 25.4 Å². The molecular weight excluding hydrogens is 348 g/mol. The Labute approximate surface area is 133 Å². The number of nitrogens with zero attached hydrogens (tertiary/aromatic N) is 1. The SMILES string of the molecule is Cl.NCCCOC1CCN(C(=O)c2occc2Br)CC1. The van der Waals surface area contributed by atoms with Gasteiger partial charge in [0.2, 0.25) is 5.76 Å². The summed E-state index contributed by atoms with van der Waals surface area (Å²) in [5, 5.41) is 0. The van der Waals surface area contributed by atoms with Crippen molar-refractivity contribution >= 4 is 34.2 Å². The summed E-state index contributed by atoms with van der Waals surface area (Å²) >= 11 is 3.31. The van der Waals surface area contributed by atoms with Crippen molar-refractivity contribution in [3.05, 3.63) is 22.6 Å². The summed E-state index contributed by atoms with van der Waals surface area (Å²) in [5.74, 6) is 0.319. The van der Waals surface area contributed by atoms with Crippen LogP contribution in [0, 0.1) is 0 Å². The van der Waals surface area contributed by atoms with Crippen LogP contribution in [0.4, 0.5) is 0 Å². The number of amides is 1. The van der Waals surface area contributed by atoms with Crippen molar-refractivity contribution in [2.24, 2.45) is 5.73 Å². The van der Waals surface area contributed by atoms with Crippen molar-refractivity contribution in [3.8, 4) is 0 Å². The molecule has 1 aliphatic rings. The third-order valence-electron chi connectivity index (χ3n) is 3.24. The molecule has 0 bridgehead atoms. The number of carbonyl (C=O) groups is 1. The van der Waals surface area contributed by atoms with Gasteiger partial charge in [0, 0.05) is 19.7 Å². The van der Waals surface area contributed by atoms with Gasteiger partial charge in [0.1, 0.15) is 0 Å². The molecule has 0 aliphatic carbocycles. The van der Waals surface area contributed by atoms with Gasteiger partial charge < -0.3 is 19.8 Å². The number of hydrogen-bond acceptors (Lipinski definition) is 4. The molecule has 1 amide bonds. The largest absolute Gasteiger partial charge is 0.458 e. The Hall–Kier alpha value is -0.560. The molecule has 2 N–H and O–H groups in total. The lowest BCUT2D eigenvalue weighted by atomic mass is 10.1. The predicted molar refractivity (Wildman–Crippen MR) is 82.2 cm³/mol. The first-order chi connectivity index (χ1) is 9.22. The summed E-state index contributed by atoms with van der Waals surface area (Å²) in [4.78, 5) is 14.0. The van der Waals surface area contributed by atoms with E-state index in [1.807, 2.05) is 4.90 Å². The van der Waals surface area contributed by atoms with Crippen LogP contribution in [0.15, 0.2) is 21.2 Å². The van der Waals surface area contributed by atoms with Crippen LogP contribution < -0.4 is 5.73 Å². The van der Waals surface area contributed by atoms with Crippen LogP contribution in [0.1, 0.15) is 29.8 Å². The molecule has 0 unspecified atom stereocenters. The molecule has 0 aromatic carbocycles. The highest BCUT2D eigenvalue weighted by molar-refractivity contribution is 9.10. The average Bonchev–Trinajstić information content (AvgIpc) is 2.85. The minimum Gasteiger partial charge on any atom is -0.458 e. The van der Waals surface area contributed by atoms with Gasteiger partial charge in [-0.2, -0.15) is 0 Å². The fraction of sp³-hybridized carbons (Fsp3) is 0.615. The van der Waals surface area contributed by atoms with E-state index in [0.29, 0.717) is 36.5 Å². The number of likely N-dealkylation sites (tertiary alicyclic amines) is 1. The molecule has 0 spiro atoms. The molecule has 1 fully saturated rings. The van der Waals surface area contributed by atoms with Crippen molar-refractivity contribution in [1.82, 2.24) is 4.90 Å². The van der Waals surface area contributed by atoms with E-state index in [4.69, 9.17) is 14.9 Å². The molecule has 7 heteroatoms. The number of rotatable bonds is 5. The van der Waals surface area contributed by atoms with Crippen LogP contribution in [0.5, 0.6) is 0 Å². The minimum atomic E-state index is -0.0581. The van der Waals surface area contributed by atoms with E-state index in [1.54, 1.807) is 6.07 Å². The van der Waals surface area contributed by atoms with Gasteiger partial charge in [-0.15, -0.1) is 12.4 Å². The van der Waals surface area contributed by atoms with Gasteiger partial charge in [-0.1, -0.05) is 0 Å². The maximum absolute atomic E-state index is 12.2. The van der Waals surface area contributed by atoms with Crippen molar-refractivity contribution in [3.63, 3.8) is 0 Å². The number of ether oxygens (including phenoxy) is 1. The molecule has 2 rings (SSSR count). The van der Waals surface area contributed by atoms with Crippen molar-refractivity contribution < 1.29 is 13.9 Å². The van der Waals surface area contributed by atoms with E-state index in [1.165, 1.54) is 6.26 Å². The molecule has 1 saturated heterocycles.